The van der Waals surface area contributed by atoms with Crippen LogP contribution >= 0.6 is 0 Å². The average Bonchev–Trinajstić information content (AvgIpc) is 2.78. The summed E-state index contributed by atoms with van der Waals surface area (Å²) in [6, 6.07) is 0. The Morgan fingerprint density at radius 2 is 1.03 bits per heavy atom. The normalized spacial score (nSPS) is 34.4. The van der Waals surface area contributed by atoms with Crippen molar-refractivity contribution in [3.05, 3.63) is 0 Å². The van der Waals surface area contributed by atoms with E-state index in [1.165, 1.54) is 51.4 Å². The fraction of sp³-hybridized carbons (Fsp3) is 0.923. The number of halogens is 7. The van der Waals surface area contributed by atoms with Crippen LogP contribution in [0.15, 0.2) is 0 Å². The van der Waals surface area contributed by atoms with Gasteiger partial charge in [0.2, 0.25) is 0 Å². The van der Waals surface area contributed by atoms with E-state index in [1.54, 1.807) is 0 Å². The molecule has 0 radical (unpaired) electrons. The van der Waals surface area contributed by atoms with Gasteiger partial charge in [-0.3, -0.25) is 0 Å². The zero-order valence-corrected chi connectivity index (χ0v) is 19.5. The molecule has 0 aromatic heterocycles. The zero-order chi connectivity index (χ0) is 24.3. The molecule has 0 unspecified atom stereocenters. The van der Waals surface area contributed by atoms with Gasteiger partial charge in [0, 0.05) is 17.8 Å². The molecule has 7 heteroatoms. The molecule has 0 aromatic rings. The number of hydrogen-bond donors (Lipinski definition) is 0. The third-order valence-electron chi connectivity index (χ3n) is 8.53. The second kappa shape index (κ2) is 10.8. The quantitative estimate of drug-likeness (QED) is 0.271. The van der Waals surface area contributed by atoms with Crippen molar-refractivity contribution in [2.24, 2.45) is 35.5 Å². The molecule has 0 heterocycles. The van der Waals surface area contributed by atoms with E-state index in [1.807, 2.05) is 0 Å². The van der Waals surface area contributed by atoms with Crippen molar-refractivity contribution >= 4 is 0 Å². The van der Waals surface area contributed by atoms with Crippen molar-refractivity contribution in [1.82, 2.24) is 0 Å². The lowest BCUT2D eigenvalue weighted by molar-refractivity contribution is -0.367. The van der Waals surface area contributed by atoms with Gasteiger partial charge in [0.25, 0.3) is 0 Å². The summed E-state index contributed by atoms with van der Waals surface area (Å²) in [6.45, 7) is 2.25. The van der Waals surface area contributed by atoms with Crippen molar-refractivity contribution in [3.63, 3.8) is 0 Å². The van der Waals surface area contributed by atoms with Gasteiger partial charge in [-0.25, -0.2) is 0 Å². The highest BCUT2D eigenvalue weighted by Gasteiger charge is 2.74. The van der Waals surface area contributed by atoms with Gasteiger partial charge in [-0.1, -0.05) is 44.4 Å². The van der Waals surface area contributed by atoms with E-state index in [-0.39, 0.29) is 37.5 Å². The Kier molecular flexibility index (Phi) is 8.71. The van der Waals surface area contributed by atoms with Crippen molar-refractivity contribution in [2.75, 3.05) is 0 Å². The van der Waals surface area contributed by atoms with E-state index in [0.717, 1.165) is 30.6 Å². The van der Waals surface area contributed by atoms with Crippen LogP contribution in [0.5, 0.6) is 0 Å². The summed E-state index contributed by atoms with van der Waals surface area (Å²) >= 11 is 0. The van der Waals surface area contributed by atoms with Crippen LogP contribution in [-0.4, -0.2) is 18.0 Å². The van der Waals surface area contributed by atoms with Crippen LogP contribution in [0, 0.1) is 47.3 Å². The van der Waals surface area contributed by atoms with Gasteiger partial charge in [0.05, 0.1) is 0 Å². The maximum absolute atomic E-state index is 13.9. The van der Waals surface area contributed by atoms with Crippen molar-refractivity contribution in [1.29, 1.82) is 0 Å². The second-order valence-corrected chi connectivity index (χ2v) is 10.7. The zero-order valence-electron chi connectivity index (χ0n) is 19.5. The third kappa shape index (κ3) is 6.20. The Hall–Kier alpha value is -0.930. The molecule has 33 heavy (non-hydrogen) atoms. The van der Waals surface area contributed by atoms with E-state index in [9.17, 15) is 30.7 Å². The molecule has 3 rings (SSSR count). The molecular weight excluding hydrogens is 445 g/mol. The summed E-state index contributed by atoms with van der Waals surface area (Å²) in [5.74, 6) is -4.02. The largest absolute Gasteiger partial charge is 0.459 e. The Bertz CT molecular complexity index is 663. The van der Waals surface area contributed by atoms with Crippen LogP contribution in [0.3, 0.4) is 0 Å². The van der Waals surface area contributed by atoms with Crippen molar-refractivity contribution < 1.29 is 30.7 Å². The van der Waals surface area contributed by atoms with E-state index < -0.39 is 23.9 Å². The Morgan fingerprint density at radius 1 is 0.606 bits per heavy atom. The first-order chi connectivity index (χ1) is 15.5. The number of rotatable bonds is 5. The fourth-order valence-corrected chi connectivity index (χ4v) is 6.37. The maximum Gasteiger partial charge on any atom is 0.459 e. The minimum atomic E-state index is -6.25. The van der Waals surface area contributed by atoms with Gasteiger partial charge in [-0.15, -0.1) is 0 Å². The molecule has 0 nitrogen and oxygen atoms in total. The van der Waals surface area contributed by atoms with E-state index in [0.29, 0.717) is 0 Å². The summed E-state index contributed by atoms with van der Waals surface area (Å²) in [4.78, 5) is 0. The first kappa shape index (κ1) is 26.7. The SMILES string of the molecule is CCCC1CCC(C2CCC(C#CC3CCC(C(F)(F)C(F)(F)C(F)(F)F)CC3)CC2)CC1. The standard InChI is InChI=1S/C26H37F7/c1-2-3-18-6-12-21(13-7-18)22-14-8-19(9-15-22)4-5-20-10-16-23(17-11-20)24(27,28)25(29,30)26(31,32)33/h18-23H,2-3,6-17H2,1H3. The van der Waals surface area contributed by atoms with Crippen LogP contribution in [-0.2, 0) is 0 Å². The lowest BCUT2D eigenvalue weighted by Gasteiger charge is -2.37. The molecule has 0 bridgehead atoms. The molecule has 190 valence electrons. The van der Waals surface area contributed by atoms with Gasteiger partial charge in [0.15, 0.2) is 0 Å². The highest BCUT2D eigenvalue weighted by Crippen LogP contribution is 2.53. The predicted octanol–water partition coefficient (Wildman–Crippen LogP) is 9.04. The number of hydrogen-bond acceptors (Lipinski definition) is 0. The minimum absolute atomic E-state index is 0.150. The monoisotopic (exact) mass is 482 g/mol. The molecular formula is C26H37F7. The van der Waals surface area contributed by atoms with Crippen LogP contribution in [0.25, 0.3) is 0 Å². The van der Waals surface area contributed by atoms with Crippen LogP contribution < -0.4 is 0 Å². The summed E-state index contributed by atoms with van der Waals surface area (Å²) in [6.07, 6.45) is 5.77. The summed E-state index contributed by atoms with van der Waals surface area (Å²) in [5, 5.41) is 0. The third-order valence-corrected chi connectivity index (χ3v) is 8.53. The van der Waals surface area contributed by atoms with Crippen molar-refractivity contribution in [2.45, 2.75) is 115 Å². The van der Waals surface area contributed by atoms with E-state index in [4.69, 9.17) is 0 Å². The van der Waals surface area contributed by atoms with E-state index in [2.05, 4.69) is 18.8 Å². The molecule has 3 aliphatic rings. The minimum Gasteiger partial charge on any atom is -0.199 e. The first-order valence-electron chi connectivity index (χ1n) is 12.8. The first-order valence-corrected chi connectivity index (χ1v) is 12.8. The molecule has 3 fully saturated rings. The smallest absolute Gasteiger partial charge is 0.199 e. The predicted molar refractivity (Wildman–Crippen MR) is 115 cm³/mol. The lowest BCUT2D eigenvalue weighted by atomic mass is 9.69. The Labute approximate surface area is 193 Å². The highest BCUT2D eigenvalue weighted by molar-refractivity contribution is 5.10. The van der Waals surface area contributed by atoms with Gasteiger partial charge >= 0.3 is 18.0 Å². The lowest BCUT2D eigenvalue weighted by Crippen LogP contribution is -2.56. The molecule has 0 amide bonds. The van der Waals surface area contributed by atoms with Gasteiger partial charge in [0.1, 0.15) is 0 Å². The molecule has 0 N–H and O–H groups in total. The molecule has 0 saturated heterocycles. The molecule has 3 aliphatic carbocycles. The summed E-state index contributed by atoms with van der Waals surface area (Å²) < 4.78 is 91.7. The van der Waals surface area contributed by atoms with Crippen LogP contribution in [0.4, 0.5) is 30.7 Å². The van der Waals surface area contributed by atoms with Crippen LogP contribution in [0.1, 0.15) is 96.8 Å². The summed E-state index contributed by atoms with van der Waals surface area (Å²) in [7, 11) is 0. The second-order valence-electron chi connectivity index (χ2n) is 10.7. The Balaban J connectivity index is 1.42. The fourth-order valence-electron chi connectivity index (χ4n) is 6.37. The van der Waals surface area contributed by atoms with E-state index >= 15 is 0 Å². The Morgan fingerprint density at radius 3 is 1.45 bits per heavy atom. The van der Waals surface area contributed by atoms with Gasteiger partial charge in [-0.2, -0.15) is 30.7 Å². The average molecular weight is 483 g/mol. The molecule has 0 aliphatic heterocycles. The molecule has 3 saturated carbocycles. The maximum atomic E-state index is 13.9. The summed E-state index contributed by atoms with van der Waals surface area (Å²) in [5.41, 5.74) is 0. The molecule has 0 atom stereocenters. The van der Waals surface area contributed by atoms with Gasteiger partial charge < -0.3 is 0 Å². The van der Waals surface area contributed by atoms with Crippen molar-refractivity contribution in [3.8, 4) is 11.8 Å². The number of alkyl halides is 7. The topological polar surface area (TPSA) is 0 Å². The van der Waals surface area contributed by atoms with Gasteiger partial charge in [-0.05, 0) is 82.0 Å². The highest BCUT2D eigenvalue weighted by atomic mass is 19.4. The molecule has 0 aromatic carbocycles. The molecule has 0 spiro atoms. The van der Waals surface area contributed by atoms with Crippen LogP contribution in [0.2, 0.25) is 0 Å².